The van der Waals surface area contributed by atoms with E-state index in [0.717, 1.165) is 11.8 Å². The summed E-state index contributed by atoms with van der Waals surface area (Å²) in [4.78, 5) is 27.1. The van der Waals surface area contributed by atoms with Gasteiger partial charge in [0.2, 0.25) is 0 Å². The van der Waals surface area contributed by atoms with Crippen molar-refractivity contribution >= 4 is 17.3 Å². The van der Waals surface area contributed by atoms with Gasteiger partial charge in [0.15, 0.2) is 11.6 Å². The summed E-state index contributed by atoms with van der Waals surface area (Å²) >= 11 is 0. The minimum absolute atomic E-state index is 0.0435. The van der Waals surface area contributed by atoms with Crippen molar-refractivity contribution in [2.24, 2.45) is 7.05 Å². The first-order valence-electron chi connectivity index (χ1n) is 10.3. The molecule has 4 rings (SSSR count). The molecule has 1 aromatic heterocycles. The number of nitrogens with one attached hydrogen (secondary N) is 1. The number of carbonyl (C=O) groups excluding carboxylic acids is 1. The highest BCUT2D eigenvalue weighted by Gasteiger charge is 2.24. The number of ether oxygens (including phenoxy) is 1. The average molecular weight is 439 g/mol. The molecule has 0 saturated carbocycles. The van der Waals surface area contributed by atoms with E-state index in [-0.39, 0.29) is 23.0 Å². The monoisotopic (exact) mass is 439 g/mol. The van der Waals surface area contributed by atoms with Crippen LogP contribution >= 0.6 is 0 Å². The fourth-order valence-electron chi connectivity index (χ4n) is 3.78. The third kappa shape index (κ3) is 4.64. The molecule has 0 radical (unpaired) electrons. The Kier molecular flexibility index (Phi) is 6.20. The lowest BCUT2D eigenvalue weighted by molar-refractivity contribution is 0.102. The SMILES string of the molecule is Cn1cccc(C(=O)Nc2ccccc2N2CCC(Oc3ccc(F)cc3F)CC2)c1=O. The molecule has 32 heavy (non-hydrogen) atoms. The van der Waals surface area contributed by atoms with E-state index < -0.39 is 17.5 Å². The zero-order valence-electron chi connectivity index (χ0n) is 17.6. The van der Waals surface area contributed by atoms with E-state index in [4.69, 9.17) is 4.74 Å². The first-order chi connectivity index (χ1) is 15.4. The third-order valence-corrected chi connectivity index (χ3v) is 5.49. The number of aryl methyl sites for hydroxylation is 1. The summed E-state index contributed by atoms with van der Waals surface area (Å²) < 4.78 is 34.1. The van der Waals surface area contributed by atoms with Crippen LogP contribution < -0.4 is 20.5 Å². The van der Waals surface area contributed by atoms with Gasteiger partial charge in [-0.05, 0) is 36.4 Å². The van der Waals surface area contributed by atoms with Crippen LogP contribution in [0, 0.1) is 11.6 Å². The number of anilines is 2. The number of rotatable bonds is 5. The number of carbonyl (C=O) groups is 1. The van der Waals surface area contributed by atoms with Crippen molar-refractivity contribution < 1.29 is 18.3 Å². The fraction of sp³-hybridized carbons (Fsp3) is 0.250. The van der Waals surface area contributed by atoms with E-state index in [2.05, 4.69) is 10.2 Å². The van der Waals surface area contributed by atoms with Crippen LogP contribution in [0.1, 0.15) is 23.2 Å². The van der Waals surface area contributed by atoms with E-state index in [9.17, 15) is 18.4 Å². The maximum Gasteiger partial charge on any atom is 0.263 e. The second-order valence-corrected chi connectivity index (χ2v) is 7.69. The molecule has 1 saturated heterocycles. The van der Waals surface area contributed by atoms with Crippen molar-refractivity contribution in [3.05, 3.63) is 88.3 Å². The Morgan fingerprint density at radius 3 is 2.56 bits per heavy atom. The van der Waals surface area contributed by atoms with Crippen LogP contribution in [0.15, 0.2) is 65.6 Å². The van der Waals surface area contributed by atoms with E-state index >= 15 is 0 Å². The summed E-state index contributed by atoms with van der Waals surface area (Å²) in [6, 6.07) is 13.8. The first-order valence-corrected chi connectivity index (χ1v) is 10.3. The van der Waals surface area contributed by atoms with Gasteiger partial charge in [-0.2, -0.15) is 0 Å². The topological polar surface area (TPSA) is 63.6 Å². The second-order valence-electron chi connectivity index (χ2n) is 7.69. The van der Waals surface area contributed by atoms with Crippen LogP contribution in [0.25, 0.3) is 0 Å². The zero-order chi connectivity index (χ0) is 22.7. The lowest BCUT2D eigenvalue weighted by Crippen LogP contribution is -2.39. The van der Waals surface area contributed by atoms with Crippen molar-refractivity contribution in [3.8, 4) is 5.75 Å². The van der Waals surface area contributed by atoms with Crippen molar-refractivity contribution in [2.75, 3.05) is 23.3 Å². The number of pyridine rings is 1. The molecular weight excluding hydrogens is 416 g/mol. The molecule has 1 fully saturated rings. The summed E-state index contributed by atoms with van der Waals surface area (Å²) in [5.41, 5.74) is 1.14. The molecule has 0 unspecified atom stereocenters. The van der Waals surface area contributed by atoms with Gasteiger partial charge in [-0.3, -0.25) is 9.59 Å². The van der Waals surface area contributed by atoms with Gasteiger partial charge < -0.3 is 19.5 Å². The predicted octanol–water partition coefficient (Wildman–Crippen LogP) is 3.96. The standard InChI is InChI=1S/C24H23F2N3O3/c1-28-12-4-5-18(24(28)31)23(30)27-20-6-2-3-7-21(20)29-13-10-17(11-14-29)32-22-9-8-16(25)15-19(22)26/h2-9,12,15,17H,10-11,13-14H2,1H3,(H,27,30). The van der Waals surface area contributed by atoms with Gasteiger partial charge in [0.25, 0.3) is 11.5 Å². The minimum Gasteiger partial charge on any atom is -0.487 e. The van der Waals surface area contributed by atoms with Crippen LogP contribution in [0.5, 0.6) is 5.75 Å². The number of benzene rings is 2. The van der Waals surface area contributed by atoms with Gasteiger partial charge in [0.05, 0.1) is 11.4 Å². The second kappa shape index (κ2) is 9.21. The normalized spacial score (nSPS) is 14.3. The number of nitrogens with zero attached hydrogens (tertiary/aromatic N) is 2. The van der Waals surface area contributed by atoms with Gasteiger partial charge in [-0.1, -0.05) is 12.1 Å². The van der Waals surface area contributed by atoms with Gasteiger partial charge in [0, 0.05) is 45.2 Å². The minimum atomic E-state index is -0.715. The predicted molar refractivity (Wildman–Crippen MR) is 118 cm³/mol. The molecule has 1 amide bonds. The Hall–Kier alpha value is -3.68. The summed E-state index contributed by atoms with van der Waals surface area (Å²) in [6.07, 6.45) is 2.67. The Morgan fingerprint density at radius 1 is 1.06 bits per heavy atom. The molecule has 8 heteroatoms. The molecule has 0 spiro atoms. The quantitative estimate of drug-likeness (QED) is 0.654. The number of piperidine rings is 1. The highest BCUT2D eigenvalue weighted by molar-refractivity contribution is 6.05. The number of halogens is 2. The first kappa shape index (κ1) is 21.5. The molecule has 1 aliphatic rings. The maximum atomic E-state index is 13.9. The van der Waals surface area contributed by atoms with Crippen LogP contribution in [0.2, 0.25) is 0 Å². The van der Waals surface area contributed by atoms with Gasteiger partial charge >= 0.3 is 0 Å². The van der Waals surface area contributed by atoms with Crippen LogP contribution in [0.4, 0.5) is 20.2 Å². The summed E-state index contributed by atoms with van der Waals surface area (Å²) in [5, 5.41) is 2.85. The summed E-state index contributed by atoms with van der Waals surface area (Å²) in [6.45, 7) is 1.26. The molecule has 0 bridgehead atoms. The van der Waals surface area contributed by atoms with Crippen molar-refractivity contribution in [1.29, 1.82) is 0 Å². The molecular formula is C24H23F2N3O3. The van der Waals surface area contributed by atoms with Crippen molar-refractivity contribution in [1.82, 2.24) is 4.57 Å². The van der Waals surface area contributed by atoms with Gasteiger partial charge in [0.1, 0.15) is 17.5 Å². The van der Waals surface area contributed by atoms with E-state index in [0.29, 0.717) is 31.6 Å². The molecule has 1 aliphatic heterocycles. The number of amides is 1. The summed E-state index contributed by atoms with van der Waals surface area (Å²) in [7, 11) is 1.59. The Morgan fingerprint density at radius 2 is 1.81 bits per heavy atom. The summed E-state index contributed by atoms with van der Waals surface area (Å²) in [5.74, 6) is -1.78. The molecule has 6 nitrogen and oxygen atoms in total. The van der Waals surface area contributed by atoms with Gasteiger partial charge in [-0.25, -0.2) is 8.78 Å². The van der Waals surface area contributed by atoms with E-state index in [1.165, 1.54) is 22.8 Å². The average Bonchev–Trinajstić information content (AvgIpc) is 2.78. The van der Waals surface area contributed by atoms with E-state index in [1.807, 2.05) is 18.2 Å². The number of para-hydroxylation sites is 2. The molecule has 0 aliphatic carbocycles. The molecule has 2 heterocycles. The number of hydrogen-bond acceptors (Lipinski definition) is 4. The van der Waals surface area contributed by atoms with Crippen molar-refractivity contribution in [2.45, 2.75) is 18.9 Å². The Labute approximate surface area is 184 Å². The van der Waals surface area contributed by atoms with Crippen molar-refractivity contribution in [3.63, 3.8) is 0 Å². The largest absolute Gasteiger partial charge is 0.487 e. The van der Waals surface area contributed by atoms with Crippen LogP contribution in [-0.2, 0) is 7.05 Å². The number of aromatic nitrogens is 1. The van der Waals surface area contributed by atoms with Crippen LogP contribution in [-0.4, -0.2) is 29.7 Å². The van der Waals surface area contributed by atoms with Crippen LogP contribution in [0.3, 0.4) is 0 Å². The highest BCUT2D eigenvalue weighted by Crippen LogP contribution is 2.30. The molecule has 166 valence electrons. The lowest BCUT2D eigenvalue weighted by Gasteiger charge is -2.34. The smallest absolute Gasteiger partial charge is 0.263 e. The number of hydrogen-bond donors (Lipinski definition) is 1. The fourth-order valence-corrected chi connectivity index (χ4v) is 3.78. The molecule has 3 aromatic rings. The maximum absolute atomic E-state index is 13.9. The molecule has 2 aromatic carbocycles. The lowest BCUT2D eigenvalue weighted by atomic mass is 10.1. The molecule has 0 atom stereocenters. The highest BCUT2D eigenvalue weighted by atomic mass is 19.1. The van der Waals surface area contributed by atoms with Gasteiger partial charge in [-0.15, -0.1) is 0 Å². The van der Waals surface area contributed by atoms with E-state index in [1.54, 1.807) is 25.4 Å². The molecule has 1 N–H and O–H groups in total. The Balaban J connectivity index is 1.44. The third-order valence-electron chi connectivity index (χ3n) is 5.49. The zero-order valence-corrected chi connectivity index (χ0v) is 17.6. The Bertz CT molecular complexity index is 1190.